The largest absolute Gasteiger partial charge is 0.481 e. The monoisotopic (exact) mass is 394 g/mol. The van der Waals surface area contributed by atoms with Crippen molar-refractivity contribution in [3.05, 3.63) is 70.1 Å². The van der Waals surface area contributed by atoms with Crippen molar-refractivity contribution in [1.29, 1.82) is 0 Å². The van der Waals surface area contributed by atoms with E-state index < -0.39 is 17.6 Å². The number of amides is 2. The molecule has 3 aromatic rings. The lowest BCUT2D eigenvalue weighted by Gasteiger charge is -2.15. The maximum atomic E-state index is 12.3. The molecule has 1 heterocycles. The van der Waals surface area contributed by atoms with E-state index in [1.54, 1.807) is 31.2 Å². The molecule has 29 heavy (non-hydrogen) atoms. The summed E-state index contributed by atoms with van der Waals surface area (Å²) in [5.74, 6) is -0.374. The molecule has 3 rings (SSSR count). The van der Waals surface area contributed by atoms with E-state index >= 15 is 0 Å². The molecule has 1 atom stereocenters. The van der Waals surface area contributed by atoms with Gasteiger partial charge in [0.15, 0.2) is 6.10 Å². The van der Waals surface area contributed by atoms with Gasteiger partial charge in [-0.15, -0.1) is 0 Å². The van der Waals surface area contributed by atoms with Gasteiger partial charge in [0, 0.05) is 23.2 Å². The summed E-state index contributed by atoms with van der Waals surface area (Å²) >= 11 is 0. The summed E-state index contributed by atoms with van der Waals surface area (Å²) in [6.07, 6.45) is -0.837. The maximum Gasteiger partial charge on any atom is 0.336 e. The van der Waals surface area contributed by atoms with E-state index in [1.807, 2.05) is 32.0 Å². The SMILES string of the molecule is Cc1cccc(C)c1NC(=O)CNC(=O)[C@@H](C)Oc1ccc2ccc(=O)oc2c1. The molecule has 0 aliphatic rings. The second-order valence-corrected chi connectivity index (χ2v) is 6.75. The highest BCUT2D eigenvalue weighted by Crippen LogP contribution is 2.21. The van der Waals surface area contributed by atoms with E-state index in [4.69, 9.17) is 9.15 Å². The van der Waals surface area contributed by atoms with Crippen LogP contribution < -0.4 is 21.0 Å². The van der Waals surface area contributed by atoms with Crippen LogP contribution in [0.4, 0.5) is 5.69 Å². The lowest BCUT2D eigenvalue weighted by molar-refractivity contribution is -0.129. The zero-order valence-electron chi connectivity index (χ0n) is 16.4. The van der Waals surface area contributed by atoms with Crippen molar-refractivity contribution in [2.45, 2.75) is 26.9 Å². The molecule has 2 amide bonds. The molecule has 0 bridgehead atoms. The fourth-order valence-electron chi connectivity index (χ4n) is 2.88. The first-order valence-corrected chi connectivity index (χ1v) is 9.18. The van der Waals surface area contributed by atoms with Gasteiger partial charge in [-0.2, -0.15) is 0 Å². The summed E-state index contributed by atoms with van der Waals surface area (Å²) in [5, 5.41) is 6.12. The van der Waals surface area contributed by atoms with Gasteiger partial charge in [0.2, 0.25) is 5.91 Å². The molecule has 2 N–H and O–H groups in total. The van der Waals surface area contributed by atoms with Crippen molar-refractivity contribution in [2.24, 2.45) is 0 Å². The van der Waals surface area contributed by atoms with Crippen molar-refractivity contribution >= 4 is 28.5 Å². The highest BCUT2D eigenvalue weighted by atomic mass is 16.5. The minimum atomic E-state index is -0.837. The van der Waals surface area contributed by atoms with Gasteiger partial charge in [0.25, 0.3) is 5.91 Å². The fourth-order valence-corrected chi connectivity index (χ4v) is 2.88. The Bertz CT molecular complexity index is 1100. The minimum Gasteiger partial charge on any atom is -0.481 e. The van der Waals surface area contributed by atoms with Gasteiger partial charge in [-0.25, -0.2) is 4.79 Å². The predicted molar refractivity (Wildman–Crippen MR) is 110 cm³/mol. The number of carbonyl (C=O) groups excluding carboxylic acids is 2. The Hall–Kier alpha value is -3.61. The van der Waals surface area contributed by atoms with Gasteiger partial charge in [-0.05, 0) is 50.1 Å². The van der Waals surface area contributed by atoms with Crippen LogP contribution in [0.15, 0.2) is 57.7 Å². The van der Waals surface area contributed by atoms with Crippen molar-refractivity contribution in [3.8, 4) is 5.75 Å². The first-order chi connectivity index (χ1) is 13.8. The number of fused-ring (bicyclic) bond motifs is 1. The molecule has 0 saturated heterocycles. The second-order valence-electron chi connectivity index (χ2n) is 6.75. The molecule has 0 aliphatic carbocycles. The molecule has 1 aromatic heterocycles. The van der Waals surface area contributed by atoms with E-state index in [0.29, 0.717) is 11.3 Å². The van der Waals surface area contributed by atoms with Crippen LogP contribution in [0.5, 0.6) is 5.75 Å². The summed E-state index contributed by atoms with van der Waals surface area (Å²) in [5.41, 5.74) is 2.55. The van der Waals surface area contributed by atoms with Gasteiger partial charge >= 0.3 is 5.63 Å². The van der Waals surface area contributed by atoms with Crippen LogP contribution in [-0.2, 0) is 9.59 Å². The predicted octanol–water partition coefficient (Wildman–Crippen LogP) is 2.93. The molecule has 0 saturated carbocycles. The average Bonchev–Trinajstić information content (AvgIpc) is 2.68. The first-order valence-electron chi connectivity index (χ1n) is 9.18. The second kappa shape index (κ2) is 8.60. The summed E-state index contributed by atoms with van der Waals surface area (Å²) in [6.45, 7) is 5.21. The summed E-state index contributed by atoms with van der Waals surface area (Å²) in [4.78, 5) is 35.8. The third-order valence-electron chi connectivity index (χ3n) is 4.45. The molecule has 0 aliphatic heterocycles. The molecule has 0 fully saturated rings. The fraction of sp³-hybridized carbons (Fsp3) is 0.227. The van der Waals surface area contributed by atoms with E-state index in [9.17, 15) is 14.4 Å². The Morgan fingerprint density at radius 3 is 2.48 bits per heavy atom. The van der Waals surface area contributed by atoms with Crippen molar-refractivity contribution in [1.82, 2.24) is 5.32 Å². The molecule has 150 valence electrons. The molecule has 2 aromatic carbocycles. The van der Waals surface area contributed by atoms with Crippen LogP contribution in [0.1, 0.15) is 18.1 Å². The highest BCUT2D eigenvalue weighted by molar-refractivity contribution is 5.96. The van der Waals surface area contributed by atoms with Gasteiger partial charge in [0.1, 0.15) is 11.3 Å². The van der Waals surface area contributed by atoms with E-state index in [1.165, 1.54) is 6.07 Å². The first kappa shape index (κ1) is 20.1. The third-order valence-corrected chi connectivity index (χ3v) is 4.45. The van der Waals surface area contributed by atoms with Crippen molar-refractivity contribution in [3.63, 3.8) is 0 Å². The van der Waals surface area contributed by atoms with Gasteiger partial charge in [0.05, 0.1) is 6.54 Å². The zero-order chi connectivity index (χ0) is 21.0. The lowest BCUT2D eigenvalue weighted by Crippen LogP contribution is -2.40. The molecular formula is C22H22N2O5. The molecule has 0 unspecified atom stereocenters. The summed E-state index contributed by atoms with van der Waals surface area (Å²) in [6, 6.07) is 13.7. The lowest BCUT2D eigenvalue weighted by atomic mass is 10.1. The number of nitrogens with one attached hydrogen (secondary N) is 2. The number of aryl methyl sites for hydroxylation is 2. The molecule has 7 heteroatoms. The Morgan fingerprint density at radius 2 is 1.76 bits per heavy atom. The van der Waals surface area contributed by atoms with Crippen LogP contribution in [-0.4, -0.2) is 24.5 Å². The van der Waals surface area contributed by atoms with E-state index in [0.717, 1.165) is 22.2 Å². The van der Waals surface area contributed by atoms with Crippen molar-refractivity contribution in [2.75, 3.05) is 11.9 Å². The quantitative estimate of drug-likeness (QED) is 0.627. The Balaban J connectivity index is 1.56. The number of rotatable bonds is 6. The van der Waals surface area contributed by atoms with Crippen LogP contribution in [0.2, 0.25) is 0 Å². The number of para-hydroxylation sites is 1. The summed E-state index contributed by atoms with van der Waals surface area (Å²) < 4.78 is 10.7. The van der Waals surface area contributed by atoms with Crippen LogP contribution in [0.3, 0.4) is 0 Å². The summed E-state index contributed by atoms with van der Waals surface area (Å²) in [7, 11) is 0. The highest BCUT2D eigenvalue weighted by Gasteiger charge is 2.16. The number of anilines is 1. The number of hydrogen-bond donors (Lipinski definition) is 2. The smallest absolute Gasteiger partial charge is 0.336 e. The molecule has 7 nitrogen and oxygen atoms in total. The van der Waals surface area contributed by atoms with Gasteiger partial charge in [-0.3, -0.25) is 9.59 Å². The van der Waals surface area contributed by atoms with Crippen LogP contribution in [0.25, 0.3) is 11.0 Å². The number of hydrogen-bond acceptors (Lipinski definition) is 5. The van der Waals surface area contributed by atoms with E-state index in [-0.39, 0.29) is 12.5 Å². The standard InChI is InChI=1S/C22H22N2O5/c1-13-5-4-6-14(2)21(13)24-19(25)12-23-22(27)15(3)28-17-9-7-16-8-10-20(26)29-18(16)11-17/h4-11,15H,12H2,1-3H3,(H,23,27)(H,24,25)/t15-/m1/s1. The molecule has 0 radical (unpaired) electrons. The van der Waals surface area contributed by atoms with E-state index in [2.05, 4.69) is 10.6 Å². The maximum absolute atomic E-state index is 12.3. The Labute approximate surface area is 167 Å². The number of ether oxygens (including phenoxy) is 1. The Kier molecular flexibility index (Phi) is 5.97. The van der Waals surface area contributed by atoms with Gasteiger partial charge in [-0.1, -0.05) is 18.2 Å². The van der Waals surface area contributed by atoms with Crippen LogP contribution >= 0.6 is 0 Å². The topological polar surface area (TPSA) is 97.6 Å². The van der Waals surface area contributed by atoms with Gasteiger partial charge < -0.3 is 19.8 Å². The van der Waals surface area contributed by atoms with Crippen LogP contribution in [0, 0.1) is 13.8 Å². The minimum absolute atomic E-state index is 0.174. The average molecular weight is 394 g/mol. The normalized spacial score (nSPS) is 11.7. The molecule has 0 spiro atoms. The number of carbonyl (C=O) groups is 2. The zero-order valence-corrected chi connectivity index (χ0v) is 16.4. The van der Waals surface area contributed by atoms with Crippen molar-refractivity contribution < 1.29 is 18.7 Å². The number of benzene rings is 2. The third kappa shape index (κ3) is 5.01. The molecular weight excluding hydrogens is 372 g/mol. The Morgan fingerprint density at radius 1 is 1.07 bits per heavy atom.